The summed E-state index contributed by atoms with van der Waals surface area (Å²) in [4.78, 5) is 10.1. The molecule has 0 bridgehead atoms. The second-order valence-corrected chi connectivity index (χ2v) is 4.75. The maximum Gasteiger partial charge on any atom is 0.221 e. The summed E-state index contributed by atoms with van der Waals surface area (Å²) in [5.74, 6) is 0.923. The van der Waals surface area contributed by atoms with Crippen LogP contribution >= 0.6 is 23.2 Å². The van der Waals surface area contributed by atoms with Gasteiger partial charge in [-0.1, -0.05) is 35.3 Å². The number of nitrogens with two attached hydrogens (primary N) is 1. The molecule has 2 aromatic rings. The minimum Gasteiger partial charge on any atom is -0.368 e. The maximum absolute atomic E-state index is 6.21. The molecule has 0 saturated carbocycles. The molecule has 0 atom stereocenters. The molecular formula is C12H12Cl2N4. The maximum atomic E-state index is 6.21. The third kappa shape index (κ3) is 2.35. The third-order valence-corrected chi connectivity index (χ3v) is 3.27. The highest BCUT2D eigenvalue weighted by Gasteiger charge is 2.14. The fourth-order valence-corrected chi connectivity index (χ4v) is 2.03. The molecule has 1 aromatic heterocycles. The molecule has 0 spiro atoms. The Kier molecular flexibility index (Phi) is 3.59. The Balaban J connectivity index is 2.67. The van der Waals surface area contributed by atoms with E-state index in [2.05, 4.69) is 9.97 Å². The molecule has 1 aromatic carbocycles. The van der Waals surface area contributed by atoms with E-state index in [4.69, 9.17) is 28.9 Å². The monoisotopic (exact) mass is 282 g/mol. The van der Waals surface area contributed by atoms with Crippen LogP contribution in [-0.2, 0) is 0 Å². The zero-order valence-corrected chi connectivity index (χ0v) is 11.5. The van der Waals surface area contributed by atoms with Crippen LogP contribution in [0.4, 0.5) is 11.8 Å². The molecule has 2 rings (SSSR count). The Morgan fingerprint density at radius 3 is 2.56 bits per heavy atom. The molecule has 0 unspecified atom stereocenters. The quantitative estimate of drug-likeness (QED) is 0.920. The zero-order valence-electron chi connectivity index (χ0n) is 9.98. The normalized spacial score (nSPS) is 10.4. The molecule has 2 N–H and O–H groups in total. The number of benzene rings is 1. The van der Waals surface area contributed by atoms with Gasteiger partial charge in [-0.05, 0) is 6.07 Å². The van der Waals surface area contributed by atoms with Crippen molar-refractivity contribution in [1.82, 2.24) is 9.97 Å². The van der Waals surface area contributed by atoms with E-state index < -0.39 is 0 Å². The van der Waals surface area contributed by atoms with Crippen molar-refractivity contribution >= 4 is 35.0 Å². The standard InChI is InChI=1S/C12H12Cl2N4/c1-18(2)11-8(6-16-12(15)17-11)7-4-3-5-9(13)10(7)14/h3-6H,1-2H3,(H2,15,16,17). The largest absolute Gasteiger partial charge is 0.368 e. The summed E-state index contributed by atoms with van der Waals surface area (Å²) in [6.45, 7) is 0. The summed E-state index contributed by atoms with van der Waals surface area (Å²) in [6.07, 6.45) is 1.65. The van der Waals surface area contributed by atoms with Gasteiger partial charge in [-0.25, -0.2) is 4.98 Å². The lowest BCUT2D eigenvalue weighted by atomic mass is 10.1. The average Bonchev–Trinajstić information content (AvgIpc) is 2.33. The number of hydrogen-bond acceptors (Lipinski definition) is 4. The molecule has 0 aliphatic heterocycles. The zero-order chi connectivity index (χ0) is 13.3. The van der Waals surface area contributed by atoms with Crippen LogP contribution in [-0.4, -0.2) is 24.1 Å². The molecule has 18 heavy (non-hydrogen) atoms. The van der Waals surface area contributed by atoms with Crippen molar-refractivity contribution in [2.24, 2.45) is 0 Å². The third-order valence-electron chi connectivity index (χ3n) is 2.45. The lowest BCUT2D eigenvalue weighted by Gasteiger charge is -2.17. The van der Waals surface area contributed by atoms with Gasteiger partial charge in [0.2, 0.25) is 5.95 Å². The molecule has 0 aliphatic carbocycles. The first kappa shape index (κ1) is 12.9. The van der Waals surface area contributed by atoms with E-state index in [0.717, 1.165) is 11.1 Å². The summed E-state index contributed by atoms with van der Waals surface area (Å²) in [6, 6.07) is 5.44. The molecule has 0 radical (unpaired) electrons. The first-order valence-electron chi connectivity index (χ1n) is 5.25. The second-order valence-electron chi connectivity index (χ2n) is 3.96. The van der Waals surface area contributed by atoms with E-state index in [1.54, 1.807) is 12.3 Å². The van der Waals surface area contributed by atoms with E-state index in [-0.39, 0.29) is 5.95 Å². The summed E-state index contributed by atoms with van der Waals surface area (Å²) >= 11 is 12.2. The van der Waals surface area contributed by atoms with Crippen LogP contribution in [0.2, 0.25) is 10.0 Å². The predicted octanol–water partition coefficient (Wildman–Crippen LogP) is 3.10. The smallest absolute Gasteiger partial charge is 0.221 e. The molecular weight excluding hydrogens is 271 g/mol. The van der Waals surface area contributed by atoms with Crippen LogP contribution in [0.25, 0.3) is 11.1 Å². The van der Waals surface area contributed by atoms with Gasteiger partial charge < -0.3 is 10.6 Å². The molecule has 0 aliphatic rings. The number of halogens is 2. The van der Waals surface area contributed by atoms with E-state index in [1.165, 1.54) is 0 Å². The second kappa shape index (κ2) is 5.00. The Morgan fingerprint density at radius 1 is 1.17 bits per heavy atom. The van der Waals surface area contributed by atoms with E-state index in [9.17, 15) is 0 Å². The highest BCUT2D eigenvalue weighted by Crippen LogP contribution is 2.36. The highest BCUT2D eigenvalue weighted by atomic mass is 35.5. The van der Waals surface area contributed by atoms with Crippen LogP contribution in [0.15, 0.2) is 24.4 Å². The van der Waals surface area contributed by atoms with E-state index in [0.29, 0.717) is 15.9 Å². The lowest BCUT2D eigenvalue weighted by Crippen LogP contribution is -2.13. The number of nitrogens with zero attached hydrogens (tertiary/aromatic N) is 3. The first-order chi connectivity index (χ1) is 8.50. The molecule has 0 fully saturated rings. The van der Waals surface area contributed by atoms with Crippen molar-refractivity contribution in [2.45, 2.75) is 0 Å². The minimum atomic E-state index is 0.223. The number of anilines is 2. The summed E-state index contributed by atoms with van der Waals surface area (Å²) < 4.78 is 0. The van der Waals surface area contributed by atoms with Crippen molar-refractivity contribution in [1.29, 1.82) is 0 Å². The topological polar surface area (TPSA) is 55.0 Å². The number of hydrogen-bond donors (Lipinski definition) is 1. The van der Waals surface area contributed by atoms with Crippen molar-refractivity contribution in [2.75, 3.05) is 24.7 Å². The van der Waals surface area contributed by atoms with Crippen molar-refractivity contribution in [3.8, 4) is 11.1 Å². The Labute approximate surface area is 115 Å². The van der Waals surface area contributed by atoms with Crippen LogP contribution in [0, 0.1) is 0 Å². The van der Waals surface area contributed by atoms with Gasteiger partial charge in [-0.3, -0.25) is 0 Å². The number of nitrogen functional groups attached to an aromatic ring is 1. The van der Waals surface area contributed by atoms with Crippen molar-refractivity contribution in [3.05, 3.63) is 34.4 Å². The highest BCUT2D eigenvalue weighted by molar-refractivity contribution is 6.43. The lowest BCUT2D eigenvalue weighted by molar-refractivity contribution is 1.05. The van der Waals surface area contributed by atoms with Gasteiger partial charge in [0.25, 0.3) is 0 Å². The van der Waals surface area contributed by atoms with E-state index >= 15 is 0 Å². The van der Waals surface area contributed by atoms with Gasteiger partial charge in [0.05, 0.1) is 10.0 Å². The van der Waals surface area contributed by atoms with Gasteiger partial charge in [-0.15, -0.1) is 0 Å². The van der Waals surface area contributed by atoms with Crippen LogP contribution in [0.3, 0.4) is 0 Å². The molecule has 1 heterocycles. The minimum absolute atomic E-state index is 0.223. The van der Waals surface area contributed by atoms with Gasteiger partial charge in [0.1, 0.15) is 5.82 Å². The van der Waals surface area contributed by atoms with Gasteiger partial charge in [0.15, 0.2) is 0 Å². The Morgan fingerprint density at radius 2 is 1.89 bits per heavy atom. The van der Waals surface area contributed by atoms with Crippen molar-refractivity contribution < 1.29 is 0 Å². The Hall–Kier alpha value is -1.52. The predicted molar refractivity (Wildman–Crippen MR) is 76.2 cm³/mol. The fourth-order valence-electron chi connectivity index (χ4n) is 1.63. The number of aromatic nitrogens is 2. The summed E-state index contributed by atoms with van der Waals surface area (Å²) in [5.41, 5.74) is 7.18. The first-order valence-corrected chi connectivity index (χ1v) is 6.00. The van der Waals surface area contributed by atoms with E-state index in [1.807, 2.05) is 31.1 Å². The van der Waals surface area contributed by atoms with Gasteiger partial charge in [-0.2, -0.15) is 4.98 Å². The Bertz CT molecular complexity index is 584. The summed E-state index contributed by atoms with van der Waals surface area (Å²) in [5, 5.41) is 0.978. The number of rotatable bonds is 2. The average molecular weight is 283 g/mol. The fraction of sp³-hybridized carbons (Fsp3) is 0.167. The molecule has 0 saturated heterocycles. The summed E-state index contributed by atoms with van der Waals surface area (Å²) in [7, 11) is 3.76. The van der Waals surface area contributed by atoms with Crippen LogP contribution in [0.1, 0.15) is 0 Å². The molecule has 4 nitrogen and oxygen atoms in total. The molecule has 6 heteroatoms. The van der Waals surface area contributed by atoms with Crippen LogP contribution in [0.5, 0.6) is 0 Å². The van der Waals surface area contributed by atoms with Crippen molar-refractivity contribution in [3.63, 3.8) is 0 Å². The molecule has 0 amide bonds. The van der Waals surface area contributed by atoms with Gasteiger partial charge >= 0.3 is 0 Å². The molecule has 94 valence electrons. The van der Waals surface area contributed by atoms with Crippen LogP contribution < -0.4 is 10.6 Å². The SMILES string of the molecule is CN(C)c1nc(N)ncc1-c1cccc(Cl)c1Cl. The van der Waals surface area contributed by atoms with Gasteiger partial charge in [0, 0.05) is 31.4 Å².